The maximum absolute atomic E-state index is 12.2. The Balaban J connectivity index is 2.62. The molecule has 1 heterocycles. The summed E-state index contributed by atoms with van der Waals surface area (Å²) in [7, 11) is 1.31. The lowest BCUT2D eigenvalue weighted by Gasteiger charge is -2.20. The third kappa shape index (κ3) is 4.21. The molecular weight excluding hydrogens is 260 g/mol. The van der Waals surface area contributed by atoms with E-state index in [2.05, 4.69) is 5.32 Å². The third-order valence-corrected chi connectivity index (χ3v) is 3.48. The summed E-state index contributed by atoms with van der Waals surface area (Å²) in [6.45, 7) is 6.86. The van der Waals surface area contributed by atoms with Crippen LogP contribution in [-0.4, -0.2) is 48.9 Å². The van der Waals surface area contributed by atoms with Crippen molar-refractivity contribution in [2.24, 2.45) is 11.8 Å². The summed E-state index contributed by atoms with van der Waals surface area (Å²) in [5.74, 6) is -0.807. The van der Waals surface area contributed by atoms with E-state index in [1.54, 1.807) is 4.90 Å². The summed E-state index contributed by atoms with van der Waals surface area (Å²) in [5, 5.41) is 2.71. The van der Waals surface area contributed by atoms with Crippen LogP contribution in [0, 0.1) is 11.8 Å². The highest BCUT2D eigenvalue weighted by Gasteiger charge is 2.35. The second-order valence-corrected chi connectivity index (χ2v) is 5.55. The minimum atomic E-state index is -0.640. The number of likely N-dealkylation sites (tertiary alicyclic amines) is 1. The molecule has 6 nitrogen and oxygen atoms in total. The Bertz CT molecular complexity index is 381. The summed E-state index contributed by atoms with van der Waals surface area (Å²) in [6, 6.07) is -0.640. The summed E-state index contributed by atoms with van der Waals surface area (Å²) < 4.78 is 4.71. The molecule has 0 saturated carbocycles. The first-order valence-electron chi connectivity index (χ1n) is 7.05. The molecular formula is C14H24N2O4. The molecule has 2 atom stereocenters. The van der Waals surface area contributed by atoms with E-state index in [9.17, 15) is 14.4 Å². The molecule has 114 valence electrons. The van der Waals surface area contributed by atoms with Crippen LogP contribution in [0.25, 0.3) is 0 Å². The molecule has 1 aliphatic heterocycles. The molecule has 2 amide bonds. The van der Waals surface area contributed by atoms with Gasteiger partial charge in [-0.05, 0) is 19.3 Å². The first kappa shape index (κ1) is 16.5. The second kappa shape index (κ2) is 7.26. The number of carbonyl (C=O) groups is 3. The molecule has 0 bridgehead atoms. The van der Waals surface area contributed by atoms with Crippen LogP contribution in [0.3, 0.4) is 0 Å². The summed E-state index contributed by atoms with van der Waals surface area (Å²) in [4.78, 5) is 37.1. The summed E-state index contributed by atoms with van der Waals surface area (Å²) >= 11 is 0. The molecule has 1 aliphatic rings. The number of carbonyl (C=O) groups excluding carboxylic acids is 3. The van der Waals surface area contributed by atoms with Gasteiger partial charge in [-0.15, -0.1) is 0 Å². The Morgan fingerprint density at radius 2 is 2.10 bits per heavy atom. The molecule has 0 aliphatic carbocycles. The fourth-order valence-corrected chi connectivity index (χ4v) is 2.37. The number of methoxy groups -OCH3 is 1. The SMILES string of the molecule is CCN1CC(C(=O)NC(CC(C)C)C(=O)OC)CC1=O. The Morgan fingerprint density at radius 1 is 1.45 bits per heavy atom. The molecule has 0 aromatic carbocycles. The Morgan fingerprint density at radius 3 is 2.55 bits per heavy atom. The predicted octanol–water partition coefficient (Wildman–Crippen LogP) is 0.559. The van der Waals surface area contributed by atoms with Crippen molar-refractivity contribution in [3.8, 4) is 0 Å². The van der Waals surface area contributed by atoms with Gasteiger partial charge in [-0.1, -0.05) is 13.8 Å². The van der Waals surface area contributed by atoms with Gasteiger partial charge in [-0.3, -0.25) is 9.59 Å². The van der Waals surface area contributed by atoms with Gasteiger partial charge in [0.1, 0.15) is 6.04 Å². The maximum atomic E-state index is 12.2. The lowest BCUT2D eigenvalue weighted by Crippen LogP contribution is -2.45. The quantitative estimate of drug-likeness (QED) is 0.723. The number of hydrogen-bond acceptors (Lipinski definition) is 4. The van der Waals surface area contributed by atoms with Crippen LogP contribution in [0.4, 0.5) is 0 Å². The fraction of sp³-hybridized carbons (Fsp3) is 0.786. The van der Waals surface area contributed by atoms with Crippen LogP contribution >= 0.6 is 0 Å². The van der Waals surface area contributed by atoms with Gasteiger partial charge in [0, 0.05) is 19.5 Å². The van der Waals surface area contributed by atoms with Gasteiger partial charge >= 0.3 is 5.97 Å². The van der Waals surface area contributed by atoms with E-state index in [1.807, 2.05) is 20.8 Å². The van der Waals surface area contributed by atoms with Crippen LogP contribution in [0.2, 0.25) is 0 Å². The van der Waals surface area contributed by atoms with Crippen LogP contribution in [0.1, 0.15) is 33.6 Å². The number of amides is 2. The highest BCUT2D eigenvalue weighted by molar-refractivity contribution is 5.91. The van der Waals surface area contributed by atoms with E-state index in [-0.39, 0.29) is 30.1 Å². The van der Waals surface area contributed by atoms with E-state index in [1.165, 1.54) is 7.11 Å². The Labute approximate surface area is 119 Å². The zero-order valence-electron chi connectivity index (χ0n) is 12.6. The molecule has 1 rings (SSSR count). The van der Waals surface area contributed by atoms with Crippen molar-refractivity contribution in [3.05, 3.63) is 0 Å². The largest absolute Gasteiger partial charge is 0.467 e. The van der Waals surface area contributed by atoms with Crippen molar-refractivity contribution >= 4 is 17.8 Å². The van der Waals surface area contributed by atoms with Gasteiger partial charge in [0.25, 0.3) is 0 Å². The molecule has 0 spiro atoms. The molecule has 20 heavy (non-hydrogen) atoms. The van der Waals surface area contributed by atoms with Crippen molar-refractivity contribution in [1.82, 2.24) is 10.2 Å². The second-order valence-electron chi connectivity index (χ2n) is 5.55. The normalized spacial score (nSPS) is 20.1. The van der Waals surface area contributed by atoms with E-state index >= 15 is 0 Å². The molecule has 0 radical (unpaired) electrons. The van der Waals surface area contributed by atoms with Crippen molar-refractivity contribution in [1.29, 1.82) is 0 Å². The maximum Gasteiger partial charge on any atom is 0.328 e. The zero-order chi connectivity index (χ0) is 15.3. The van der Waals surface area contributed by atoms with Crippen molar-refractivity contribution in [2.75, 3.05) is 20.2 Å². The van der Waals surface area contributed by atoms with Gasteiger partial charge in [0.15, 0.2) is 0 Å². The smallest absolute Gasteiger partial charge is 0.328 e. The molecule has 1 fully saturated rings. The number of esters is 1. The van der Waals surface area contributed by atoms with E-state index in [0.717, 1.165) is 0 Å². The van der Waals surface area contributed by atoms with Crippen LogP contribution in [0.15, 0.2) is 0 Å². The first-order chi connectivity index (χ1) is 9.38. The number of nitrogens with zero attached hydrogens (tertiary/aromatic N) is 1. The van der Waals surface area contributed by atoms with E-state index in [0.29, 0.717) is 19.5 Å². The Kier molecular flexibility index (Phi) is 5.98. The lowest BCUT2D eigenvalue weighted by atomic mass is 10.0. The molecule has 1 N–H and O–H groups in total. The number of rotatable bonds is 6. The minimum absolute atomic E-state index is 0.00822. The fourth-order valence-electron chi connectivity index (χ4n) is 2.37. The van der Waals surface area contributed by atoms with Gasteiger partial charge < -0.3 is 15.0 Å². The number of nitrogens with one attached hydrogen (secondary N) is 1. The van der Waals surface area contributed by atoms with Crippen LogP contribution in [0.5, 0.6) is 0 Å². The topological polar surface area (TPSA) is 75.7 Å². The van der Waals surface area contributed by atoms with E-state index in [4.69, 9.17) is 4.74 Å². The third-order valence-electron chi connectivity index (χ3n) is 3.48. The number of hydrogen-bond donors (Lipinski definition) is 1. The first-order valence-corrected chi connectivity index (χ1v) is 7.05. The standard InChI is InChI=1S/C14H24N2O4/c1-5-16-8-10(7-12(16)17)13(18)15-11(6-9(2)3)14(19)20-4/h9-11H,5-8H2,1-4H3,(H,15,18). The monoisotopic (exact) mass is 284 g/mol. The highest BCUT2D eigenvalue weighted by atomic mass is 16.5. The van der Waals surface area contributed by atoms with Crippen LogP contribution in [-0.2, 0) is 19.1 Å². The highest BCUT2D eigenvalue weighted by Crippen LogP contribution is 2.18. The molecule has 0 aromatic rings. The van der Waals surface area contributed by atoms with Crippen molar-refractivity contribution in [3.63, 3.8) is 0 Å². The van der Waals surface area contributed by atoms with Gasteiger partial charge in [-0.2, -0.15) is 0 Å². The number of ether oxygens (including phenoxy) is 1. The predicted molar refractivity (Wildman–Crippen MR) is 73.8 cm³/mol. The van der Waals surface area contributed by atoms with Gasteiger partial charge in [0.05, 0.1) is 13.0 Å². The lowest BCUT2D eigenvalue weighted by molar-refractivity contribution is -0.146. The zero-order valence-corrected chi connectivity index (χ0v) is 12.6. The van der Waals surface area contributed by atoms with Gasteiger partial charge in [-0.25, -0.2) is 4.79 Å². The molecule has 0 aromatic heterocycles. The van der Waals surface area contributed by atoms with Crippen molar-refractivity contribution in [2.45, 2.75) is 39.7 Å². The molecule has 6 heteroatoms. The van der Waals surface area contributed by atoms with Crippen LogP contribution < -0.4 is 5.32 Å². The minimum Gasteiger partial charge on any atom is -0.467 e. The van der Waals surface area contributed by atoms with Crippen molar-refractivity contribution < 1.29 is 19.1 Å². The molecule has 2 unspecified atom stereocenters. The average molecular weight is 284 g/mol. The van der Waals surface area contributed by atoms with Gasteiger partial charge in [0.2, 0.25) is 11.8 Å². The summed E-state index contributed by atoms with van der Waals surface area (Å²) in [6.07, 6.45) is 0.742. The molecule has 1 saturated heterocycles. The summed E-state index contributed by atoms with van der Waals surface area (Å²) in [5.41, 5.74) is 0. The van der Waals surface area contributed by atoms with E-state index < -0.39 is 12.0 Å². The Hall–Kier alpha value is -1.59. The average Bonchev–Trinajstić information content (AvgIpc) is 2.77.